The van der Waals surface area contributed by atoms with E-state index in [1.807, 2.05) is 0 Å². The van der Waals surface area contributed by atoms with Crippen LogP contribution in [0, 0.1) is 11.8 Å². The molecule has 1 saturated heterocycles. The summed E-state index contributed by atoms with van der Waals surface area (Å²) in [7, 11) is -0.686. The van der Waals surface area contributed by atoms with E-state index < -0.39 is 7.32 Å². The van der Waals surface area contributed by atoms with Gasteiger partial charge in [-0.3, -0.25) is 0 Å². The highest BCUT2D eigenvalue weighted by molar-refractivity contribution is 6.36. The zero-order chi connectivity index (χ0) is 15.3. The lowest BCUT2D eigenvalue weighted by molar-refractivity contribution is -0.0245. The molecular formula is C14H25BO6. The number of ether oxygens (including phenoxy) is 2. The molecule has 0 amide bonds. The predicted octanol–water partition coefficient (Wildman–Crippen LogP) is 0.665. The van der Waals surface area contributed by atoms with Crippen LogP contribution >= 0.6 is 0 Å². The molecule has 1 heterocycles. The number of aliphatic hydroxyl groups is 1. The first-order valence-electron chi connectivity index (χ1n) is 7.13. The van der Waals surface area contributed by atoms with E-state index in [4.69, 9.17) is 23.4 Å². The molecule has 1 N–H and O–H groups in total. The third-order valence-electron chi connectivity index (χ3n) is 2.84. The van der Waals surface area contributed by atoms with E-state index in [1.165, 1.54) is 0 Å². The molecule has 0 saturated carbocycles. The molecule has 0 aliphatic carbocycles. The smallest absolute Gasteiger partial charge is 0.396 e. The molecule has 120 valence electrons. The van der Waals surface area contributed by atoms with Crippen molar-refractivity contribution in [3.8, 4) is 0 Å². The van der Waals surface area contributed by atoms with Crippen LogP contribution in [0.1, 0.15) is 0 Å². The van der Waals surface area contributed by atoms with Crippen LogP contribution in [0.25, 0.3) is 0 Å². The summed E-state index contributed by atoms with van der Waals surface area (Å²) < 4.78 is 27.0. The minimum Gasteiger partial charge on any atom is -0.396 e. The van der Waals surface area contributed by atoms with Crippen LogP contribution in [0.2, 0.25) is 0 Å². The van der Waals surface area contributed by atoms with Crippen molar-refractivity contribution in [2.45, 2.75) is 0 Å². The summed E-state index contributed by atoms with van der Waals surface area (Å²) in [5.41, 5.74) is 0. The van der Waals surface area contributed by atoms with Gasteiger partial charge in [0.15, 0.2) is 0 Å². The second kappa shape index (κ2) is 11.9. The molecule has 1 atom stereocenters. The maximum Gasteiger partial charge on any atom is 0.639 e. The third kappa shape index (κ3) is 8.35. The van der Waals surface area contributed by atoms with Gasteiger partial charge in [0.05, 0.1) is 33.0 Å². The molecule has 0 spiro atoms. The largest absolute Gasteiger partial charge is 0.639 e. The first kappa shape index (κ1) is 18.4. The first-order valence-corrected chi connectivity index (χ1v) is 7.13. The monoisotopic (exact) mass is 300 g/mol. The highest BCUT2D eigenvalue weighted by Gasteiger charge is 2.30. The Morgan fingerprint density at radius 1 is 1.14 bits per heavy atom. The summed E-state index contributed by atoms with van der Waals surface area (Å²) >= 11 is 0. The maximum absolute atomic E-state index is 9.23. The molecule has 1 fully saturated rings. The van der Waals surface area contributed by atoms with Crippen LogP contribution in [-0.2, 0) is 23.4 Å². The summed E-state index contributed by atoms with van der Waals surface area (Å²) in [6, 6.07) is 0. The van der Waals surface area contributed by atoms with Crippen molar-refractivity contribution in [3.05, 3.63) is 25.3 Å². The quantitative estimate of drug-likeness (QED) is 0.324. The summed E-state index contributed by atoms with van der Waals surface area (Å²) in [5.74, 6) is 0.0974. The highest BCUT2D eigenvalue weighted by atomic mass is 16.7. The number of rotatable bonds is 12. The lowest BCUT2D eigenvalue weighted by atomic mass is 10.1. The van der Waals surface area contributed by atoms with E-state index >= 15 is 0 Å². The van der Waals surface area contributed by atoms with Crippen molar-refractivity contribution in [2.24, 2.45) is 11.8 Å². The molecule has 1 unspecified atom stereocenters. The second-order valence-electron chi connectivity index (χ2n) is 4.86. The van der Waals surface area contributed by atoms with Gasteiger partial charge in [0, 0.05) is 31.7 Å². The van der Waals surface area contributed by atoms with Gasteiger partial charge >= 0.3 is 7.32 Å². The van der Waals surface area contributed by atoms with E-state index in [9.17, 15) is 5.11 Å². The fourth-order valence-electron chi connectivity index (χ4n) is 1.72. The molecule has 6 nitrogen and oxygen atoms in total. The minimum absolute atomic E-state index is 0.0120. The van der Waals surface area contributed by atoms with Crippen LogP contribution in [0.5, 0.6) is 0 Å². The van der Waals surface area contributed by atoms with Crippen molar-refractivity contribution < 1.29 is 28.5 Å². The Morgan fingerprint density at radius 2 is 1.81 bits per heavy atom. The summed E-state index contributed by atoms with van der Waals surface area (Å²) in [6.07, 6.45) is 3.37. The van der Waals surface area contributed by atoms with Gasteiger partial charge in [0.25, 0.3) is 0 Å². The van der Waals surface area contributed by atoms with Gasteiger partial charge in [-0.05, 0) is 0 Å². The average molecular weight is 300 g/mol. The highest BCUT2D eigenvalue weighted by Crippen LogP contribution is 2.11. The SMILES string of the molecule is C=CCOCC(CO)COB1OCC(COCC=C)CO1. The van der Waals surface area contributed by atoms with Crippen LogP contribution in [0.15, 0.2) is 25.3 Å². The van der Waals surface area contributed by atoms with Crippen LogP contribution in [0.4, 0.5) is 0 Å². The Labute approximate surface area is 126 Å². The predicted molar refractivity (Wildman–Crippen MR) is 79.7 cm³/mol. The summed E-state index contributed by atoms with van der Waals surface area (Å²) in [4.78, 5) is 0. The summed E-state index contributed by atoms with van der Waals surface area (Å²) in [6.45, 7) is 10.5. The molecule has 1 aliphatic rings. The van der Waals surface area contributed by atoms with Gasteiger partial charge in [0.2, 0.25) is 0 Å². The fourth-order valence-corrected chi connectivity index (χ4v) is 1.72. The van der Waals surface area contributed by atoms with E-state index in [2.05, 4.69) is 13.2 Å². The van der Waals surface area contributed by atoms with Gasteiger partial charge in [-0.15, -0.1) is 13.2 Å². The van der Waals surface area contributed by atoms with Crippen LogP contribution < -0.4 is 0 Å². The van der Waals surface area contributed by atoms with Crippen molar-refractivity contribution in [2.75, 3.05) is 52.9 Å². The Morgan fingerprint density at radius 3 is 2.43 bits per heavy atom. The Hall–Kier alpha value is -0.695. The minimum atomic E-state index is -0.686. The maximum atomic E-state index is 9.23. The van der Waals surface area contributed by atoms with Crippen LogP contribution in [-0.4, -0.2) is 65.3 Å². The van der Waals surface area contributed by atoms with Crippen molar-refractivity contribution in [1.29, 1.82) is 0 Å². The van der Waals surface area contributed by atoms with E-state index in [0.29, 0.717) is 46.2 Å². The molecule has 1 aliphatic heterocycles. The van der Waals surface area contributed by atoms with Gasteiger partial charge in [-0.25, -0.2) is 0 Å². The zero-order valence-electron chi connectivity index (χ0n) is 12.4. The van der Waals surface area contributed by atoms with Crippen molar-refractivity contribution in [3.63, 3.8) is 0 Å². The first-order chi connectivity index (χ1) is 10.3. The van der Waals surface area contributed by atoms with E-state index in [1.54, 1.807) is 12.2 Å². The van der Waals surface area contributed by atoms with Crippen molar-refractivity contribution in [1.82, 2.24) is 0 Å². The topological polar surface area (TPSA) is 66.4 Å². The van der Waals surface area contributed by atoms with E-state index in [0.717, 1.165) is 0 Å². The standard InChI is InChI=1S/C14H25BO6/c1-3-5-17-8-13(7-16)10-19-15-20-11-14(12-21-15)9-18-6-4-2/h3-4,13-14,16H,1-2,5-12H2. The molecular weight excluding hydrogens is 275 g/mol. The Balaban J connectivity index is 2.10. The van der Waals surface area contributed by atoms with Gasteiger partial charge in [-0.2, -0.15) is 0 Å². The average Bonchev–Trinajstić information content (AvgIpc) is 2.52. The number of aliphatic hydroxyl groups excluding tert-OH is 1. The molecule has 0 aromatic rings. The Kier molecular flexibility index (Phi) is 10.4. The van der Waals surface area contributed by atoms with Crippen molar-refractivity contribution >= 4 is 7.32 Å². The molecule has 0 aromatic heterocycles. The fraction of sp³-hybridized carbons (Fsp3) is 0.714. The van der Waals surface area contributed by atoms with Crippen LogP contribution in [0.3, 0.4) is 0 Å². The third-order valence-corrected chi connectivity index (χ3v) is 2.84. The van der Waals surface area contributed by atoms with Gasteiger partial charge < -0.3 is 28.5 Å². The van der Waals surface area contributed by atoms with Gasteiger partial charge in [0.1, 0.15) is 0 Å². The van der Waals surface area contributed by atoms with Gasteiger partial charge in [-0.1, -0.05) is 12.2 Å². The summed E-state index contributed by atoms with van der Waals surface area (Å²) in [5, 5.41) is 9.23. The Bertz CT molecular complexity index is 281. The number of hydrogen-bond donors (Lipinski definition) is 1. The molecule has 0 aromatic carbocycles. The zero-order valence-corrected chi connectivity index (χ0v) is 12.4. The molecule has 7 heteroatoms. The number of hydrogen-bond acceptors (Lipinski definition) is 6. The molecule has 21 heavy (non-hydrogen) atoms. The molecule has 1 rings (SSSR count). The van der Waals surface area contributed by atoms with E-state index in [-0.39, 0.29) is 18.4 Å². The molecule has 0 radical (unpaired) electrons. The molecule has 0 bridgehead atoms. The lowest BCUT2D eigenvalue weighted by Gasteiger charge is -2.27. The normalized spacial score (nSPS) is 17.7. The second-order valence-corrected chi connectivity index (χ2v) is 4.86. The lowest BCUT2D eigenvalue weighted by Crippen LogP contribution is -2.41.